The summed E-state index contributed by atoms with van der Waals surface area (Å²) in [5.74, 6) is -0.211. The van der Waals surface area contributed by atoms with Crippen LogP contribution in [-0.4, -0.2) is 23.0 Å². The van der Waals surface area contributed by atoms with Gasteiger partial charge >= 0.3 is 5.97 Å². The molecule has 0 saturated heterocycles. The second-order valence-electron chi connectivity index (χ2n) is 4.88. The van der Waals surface area contributed by atoms with Gasteiger partial charge in [0.2, 0.25) is 0 Å². The van der Waals surface area contributed by atoms with Crippen molar-refractivity contribution in [2.45, 2.75) is 19.8 Å². The minimum atomic E-state index is -0.211. The Labute approximate surface area is 116 Å². The third-order valence-corrected chi connectivity index (χ3v) is 3.49. The van der Waals surface area contributed by atoms with E-state index in [1.807, 2.05) is 19.1 Å². The summed E-state index contributed by atoms with van der Waals surface area (Å²) in [7, 11) is 1.41. The number of methoxy groups -OCH3 is 1. The highest BCUT2D eigenvalue weighted by atomic mass is 16.5. The molecule has 0 aliphatic heterocycles. The van der Waals surface area contributed by atoms with Crippen molar-refractivity contribution in [2.75, 3.05) is 7.11 Å². The molecular weight excluding hydrogens is 252 g/mol. The molecule has 102 valence electrons. The molecule has 0 radical (unpaired) electrons. The van der Waals surface area contributed by atoms with Gasteiger partial charge in [-0.25, -0.2) is 0 Å². The average Bonchev–Trinajstić information content (AvgIpc) is 2.83. The maximum Gasteiger partial charge on any atom is 0.305 e. The van der Waals surface area contributed by atoms with E-state index in [1.165, 1.54) is 12.5 Å². The Morgan fingerprint density at radius 1 is 1.30 bits per heavy atom. The number of hydrogen-bond acceptors (Lipinski definition) is 3. The third kappa shape index (κ3) is 2.13. The molecule has 0 amide bonds. The van der Waals surface area contributed by atoms with E-state index in [4.69, 9.17) is 4.74 Å². The number of rotatable bonds is 3. The van der Waals surface area contributed by atoms with E-state index in [9.17, 15) is 4.79 Å². The van der Waals surface area contributed by atoms with E-state index in [-0.39, 0.29) is 5.97 Å². The molecule has 0 bridgehead atoms. The van der Waals surface area contributed by atoms with Crippen LogP contribution < -0.4 is 0 Å². The second-order valence-corrected chi connectivity index (χ2v) is 4.88. The van der Waals surface area contributed by atoms with Crippen molar-refractivity contribution in [3.05, 3.63) is 41.7 Å². The van der Waals surface area contributed by atoms with E-state index < -0.39 is 0 Å². The summed E-state index contributed by atoms with van der Waals surface area (Å²) in [5, 5.41) is 2.35. The van der Waals surface area contributed by atoms with E-state index in [1.54, 1.807) is 0 Å². The van der Waals surface area contributed by atoms with Crippen LogP contribution in [0, 0.1) is 6.92 Å². The number of esters is 1. The smallest absolute Gasteiger partial charge is 0.305 e. The Balaban J connectivity index is 2.13. The number of carbonyl (C=O) groups excluding carboxylic acids is 1. The molecule has 3 rings (SSSR count). The van der Waals surface area contributed by atoms with Crippen molar-refractivity contribution >= 4 is 27.8 Å². The molecule has 0 aliphatic carbocycles. The fourth-order valence-electron chi connectivity index (χ4n) is 2.55. The lowest BCUT2D eigenvalue weighted by Gasteiger charge is -2.04. The zero-order valence-corrected chi connectivity index (χ0v) is 11.6. The first-order valence-corrected chi connectivity index (χ1v) is 6.63. The third-order valence-electron chi connectivity index (χ3n) is 3.49. The number of ether oxygens (including phenoxy) is 1. The zero-order chi connectivity index (χ0) is 14.1. The van der Waals surface area contributed by atoms with Crippen LogP contribution in [0.4, 0.5) is 0 Å². The van der Waals surface area contributed by atoms with Crippen LogP contribution in [0.1, 0.15) is 17.8 Å². The maximum absolute atomic E-state index is 11.3. The largest absolute Gasteiger partial charge is 0.469 e. The number of nitrogens with one attached hydrogen (secondary N) is 1. The quantitative estimate of drug-likeness (QED) is 0.742. The van der Waals surface area contributed by atoms with Gasteiger partial charge in [-0.1, -0.05) is 18.2 Å². The van der Waals surface area contributed by atoms with Crippen LogP contribution in [0.25, 0.3) is 21.8 Å². The number of aryl methyl sites for hydroxylation is 2. The minimum absolute atomic E-state index is 0.211. The van der Waals surface area contributed by atoms with Gasteiger partial charge in [0.15, 0.2) is 0 Å². The van der Waals surface area contributed by atoms with Crippen LogP contribution in [0.3, 0.4) is 0 Å². The topological polar surface area (TPSA) is 55.0 Å². The Morgan fingerprint density at radius 2 is 2.10 bits per heavy atom. The molecule has 0 spiro atoms. The van der Waals surface area contributed by atoms with Gasteiger partial charge in [0.25, 0.3) is 0 Å². The van der Waals surface area contributed by atoms with E-state index in [0.29, 0.717) is 12.8 Å². The fourth-order valence-corrected chi connectivity index (χ4v) is 2.55. The highest BCUT2D eigenvalue weighted by molar-refractivity contribution is 6.08. The standard InChI is InChI=1S/C16H16N2O2/c1-10-9-12-11-5-3-4-6-13(11)18-16(12)14(17-10)7-8-15(19)20-2/h3-6,9,18H,7-8H2,1-2H3. The van der Waals surface area contributed by atoms with E-state index in [2.05, 4.69) is 28.2 Å². The van der Waals surface area contributed by atoms with Gasteiger partial charge in [-0.05, 0) is 19.1 Å². The molecule has 4 heteroatoms. The lowest BCUT2D eigenvalue weighted by Crippen LogP contribution is -2.04. The Morgan fingerprint density at radius 3 is 2.90 bits per heavy atom. The van der Waals surface area contributed by atoms with Crippen molar-refractivity contribution in [2.24, 2.45) is 0 Å². The molecule has 0 atom stereocenters. The van der Waals surface area contributed by atoms with Crippen molar-refractivity contribution in [3.8, 4) is 0 Å². The second kappa shape index (κ2) is 4.96. The summed E-state index contributed by atoms with van der Waals surface area (Å²) in [6, 6.07) is 10.3. The van der Waals surface area contributed by atoms with Crippen molar-refractivity contribution in [3.63, 3.8) is 0 Å². The van der Waals surface area contributed by atoms with Crippen LogP contribution in [0.5, 0.6) is 0 Å². The van der Waals surface area contributed by atoms with Crippen molar-refractivity contribution in [1.29, 1.82) is 0 Å². The van der Waals surface area contributed by atoms with Gasteiger partial charge in [-0.2, -0.15) is 0 Å². The zero-order valence-electron chi connectivity index (χ0n) is 11.6. The number of para-hydroxylation sites is 1. The van der Waals surface area contributed by atoms with Crippen LogP contribution in [-0.2, 0) is 16.0 Å². The first-order valence-electron chi connectivity index (χ1n) is 6.63. The summed E-state index contributed by atoms with van der Waals surface area (Å²) in [5.41, 5.74) is 3.98. The summed E-state index contributed by atoms with van der Waals surface area (Å²) in [4.78, 5) is 19.3. The van der Waals surface area contributed by atoms with Gasteiger partial charge in [0.1, 0.15) is 0 Å². The molecule has 20 heavy (non-hydrogen) atoms. The minimum Gasteiger partial charge on any atom is -0.469 e. The Bertz CT molecular complexity index is 790. The Hall–Kier alpha value is -2.36. The monoisotopic (exact) mass is 268 g/mol. The predicted octanol–water partition coefficient (Wildman–Crippen LogP) is 3.13. The van der Waals surface area contributed by atoms with E-state index >= 15 is 0 Å². The van der Waals surface area contributed by atoms with Crippen LogP contribution >= 0.6 is 0 Å². The number of fused-ring (bicyclic) bond motifs is 3. The molecule has 0 fully saturated rings. The van der Waals surface area contributed by atoms with Gasteiger partial charge in [0.05, 0.1) is 24.7 Å². The van der Waals surface area contributed by atoms with Crippen molar-refractivity contribution < 1.29 is 9.53 Å². The highest BCUT2D eigenvalue weighted by Crippen LogP contribution is 2.27. The molecule has 4 nitrogen and oxygen atoms in total. The van der Waals surface area contributed by atoms with Gasteiger partial charge in [-0.15, -0.1) is 0 Å². The molecule has 3 aromatic rings. The molecule has 2 aromatic heterocycles. The number of benzene rings is 1. The lowest BCUT2D eigenvalue weighted by molar-refractivity contribution is -0.140. The number of aromatic amines is 1. The summed E-state index contributed by atoms with van der Waals surface area (Å²) < 4.78 is 4.70. The summed E-state index contributed by atoms with van der Waals surface area (Å²) >= 11 is 0. The maximum atomic E-state index is 11.3. The van der Waals surface area contributed by atoms with Gasteiger partial charge < -0.3 is 9.72 Å². The molecule has 0 saturated carbocycles. The fraction of sp³-hybridized carbons (Fsp3) is 0.250. The molecular formula is C16H16N2O2. The van der Waals surface area contributed by atoms with E-state index in [0.717, 1.165) is 27.8 Å². The molecule has 2 heterocycles. The highest BCUT2D eigenvalue weighted by Gasteiger charge is 2.11. The molecule has 0 aliphatic rings. The lowest BCUT2D eigenvalue weighted by atomic mass is 10.1. The number of aromatic nitrogens is 2. The number of pyridine rings is 1. The molecule has 1 N–H and O–H groups in total. The first-order chi connectivity index (χ1) is 9.69. The van der Waals surface area contributed by atoms with Crippen LogP contribution in [0.2, 0.25) is 0 Å². The number of hydrogen-bond donors (Lipinski definition) is 1. The Kier molecular flexibility index (Phi) is 3.14. The number of carbonyl (C=O) groups is 1. The molecule has 0 unspecified atom stereocenters. The summed E-state index contributed by atoms with van der Waals surface area (Å²) in [6.07, 6.45) is 0.926. The SMILES string of the molecule is COC(=O)CCc1nc(C)cc2c1[nH]c1ccccc12. The van der Waals surface area contributed by atoms with Crippen LogP contribution in [0.15, 0.2) is 30.3 Å². The number of nitrogens with zero attached hydrogens (tertiary/aromatic N) is 1. The average molecular weight is 268 g/mol. The van der Waals surface area contributed by atoms with Gasteiger partial charge in [-0.3, -0.25) is 9.78 Å². The normalized spacial score (nSPS) is 11.1. The summed E-state index contributed by atoms with van der Waals surface area (Å²) in [6.45, 7) is 1.98. The van der Waals surface area contributed by atoms with Crippen molar-refractivity contribution in [1.82, 2.24) is 9.97 Å². The van der Waals surface area contributed by atoms with Gasteiger partial charge in [0, 0.05) is 28.4 Å². The predicted molar refractivity (Wildman–Crippen MR) is 78.7 cm³/mol. The first kappa shape index (κ1) is 12.7. The number of H-pyrrole nitrogens is 1. The molecule has 1 aromatic carbocycles.